The Balaban J connectivity index is 1.40. The van der Waals surface area contributed by atoms with Crippen LogP contribution < -0.4 is 14.4 Å². The van der Waals surface area contributed by atoms with Gasteiger partial charge in [-0.1, -0.05) is 6.07 Å². The van der Waals surface area contributed by atoms with Gasteiger partial charge in [0, 0.05) is 25.2 Å². The molecule has 1 atom stereocenters. The molecular formula is C19H22N4O2. The Labute approximate surface area is 147 Å². The van der Waals surface area contributed by atoms with Crippen molar-refractivity contribution in [1.29, 1.82) is 0 Å². The number of benzene rings is 1. The maximum absolute atomic E-state index is 5.97. The zero-order valence-corrected chi connectivity index (χ0v) is 14.3. The van der Waals surface area contributed by atoms with Crippen LogP contribution in [-0.4, -0.2) is 41.4 Å². The number of hydrogen-bond donors (Lipinski definition) is 0. The maximum atomic E-state index is 5.97. The molecule has 0 spiro atoms. The highest BCUT2D eigenvalue weighted by Gasteiger charge is 2.23. The lowest BCUT2D eigenvalue weighted by Crippen LogP contribution is -2.38. The molecular weight excluding hydrogens is 316 g/mol. The molecule has 3 aromatic rings. The molecule has 0 saturated carbocycles. The average molecular weight is 338 g/mol. The Kier molecular flexibility index (Phi) is 4.41. The lowest BCUT2D eigenvalue weighted by molar-refractivity contribution is 0.228. The Morgan fingerprint density at radius 2 is 1.92 bits per heavy atom. The number of hydrogen-bond acceptors (Lipinski definition) is 5. The van der Waals surface area contributed by atoms with E-state index in [4.69, 9.17) is 9.47 Å². The number of ether oxygens (including phenoxy) is 2. The molecule has 1 aliphatic rings. The van der Waals surface area contributed by atoms with Gasteiger partial charge < -0.3 is 14.4 Å². The fourth-order valence-corrected chi connectivity index (χ4v) is 3.31. The van der Waals surface area contributed by atoms with Gasteiger partial charge in [-0.3, -0.25) is 4.40 Å². The summed E-state index contributed by atoms with van der Waals surface area (Å²) >= 11 is 0. The van der Waals surface area contributed by atoms with E-state index in [0.717, 1.165) is 42.6 Å². The molecule has 0 aliphatic carbocycles. The SMILES string of the molecule is COc1ccc(OCC2CCCN(c3nnc4ccccn34)C2)cc1. The van der Waals surface area contributed by atoms with Crippen molar-refractivity contribution in [2.75, 3.05) is 31.7 Å². The van der Waals surface area contributed by atoms with E-state index in [-0.39, 0.29) is 0 Å². The standard InChI is InChI=1S/C19H22N4O2/c1-24-16-7-9-17(10-8-16)25-14-15-5-4-11-22(13-15)19-21-20-18-6-2-3-12-23(18)19/h2-3,6-10,12,15H,4-5,11,13-14H2,1H3. The highest BCUT2D eigenvalue weighted by Crippen LogP contribution is 2.24. The number of fused-ring (bicyclic) bond motifs is 1. The fraction of sp³-hybridized carbons (Fsp3) is 0.368. The van der Waals surface area contributed by atoms with Crippen LogP contribution in [0.15, 0.2) is 48.7 Å². The zero-order valence-electron chi connectivity index (χ0n) is 14.3. The largest absolute Gasteiger partial charge is 0.497 e. The van der Waals surface area contributed by atoms with Crippen LogP contribution in [0.3, 0.4) is 0 Å². The van der Waals surface area contributed by atoms with Crippen molar-refractivity contribution in [3.8, 4) is 11.5 Å². The van der Waals surface area contributed by atoms with Gasteiger partial charge in [-0.15, -0.1) is 10.2 Å². The first-order chi connectivity index (χ1) is 12.3. The molecule has 1 aliphatic heterocycles. The maximum Gasteiger partial charge on any atom is 0.231 e. The smallest absolute Gasteiger partial charge is 0.231 e. The van der Waals surface area contributed by atoms with Crippen molar-refractivity contribution in [2.45, 2.75) is 12.8 Å². The van der Waals surface area contributed by atoms with Gasteiger partial charge in [0.05, 0.1) is 13.7 Å². The fourth-order valence-electron chi connectivity index (χ4n) is 3.31. The third-order valence-electron chi connectivity index (χ3n) is 4.64. The Hall–Kier alpha value is -2.76. The van der Waals surface area contributed by atoms with E-state index in [1.807, 2.05) is 53.1 Å². The molecule has 1 unspecified atom stereocenters. The zero-order chi connectivity index (χ0) is 17.1. The van der Waals surface area contributed by atoms with Gasteiger partial charge in [-0.2, -0.15) is 0 Å². The summed E-state index contributed by atoms with van der Waals surface area (Å²) in [6, 6.07) is 13.7. The van der Waals surface area contributed by atoms with Crippen LogP contribution in [0.25, 0.3) is 5.65 Å². The molecule has 130 valence electrons. The summed E-state index contributed by atoms with van der Waals surface area (Å²) in [6.07, 6.45) is 4.32. The van der Waals surface area contributed by atoms with Crippen LogP contribution in [0.1, 0.15) is 12.8 Å². The second-order valence-electron chi connectivity index (χ2n) is 6.37. The summed E-state index contributed by atoms with van der Waals surface area (Å²) in [7, 11) is 1.67. The minimum Gasteiger partial charge on any atom is -0.497 e. The molecule has 6 nitrogen and oxygen atoms in total. The molecule has 0 radical (unpaired) electrons. The van der Waals surface area contributed by atoms with Gasteiger partial charge in [0.25, 0.3) is 0 Å². The van der Waals surface area contributed by atoms with Crippen LogP contribution in [0, 0.1) is 5.92 Å². The topological polar surface area (TPSA) is 51.9 Å². The number of aromatic nitrogens is 3. The molecule has 0 bridgehead atoms. The Morgan fingerprint density at radius 3 is 2.76 bits per heavy atom. The first kappa shape index (κ1) is 15.7. The van der Waals surface area contributed by atoms with Crippen molar-refractivity contribution in [1.82, 2.24) is 14.6 Å². The van der Waals surface area contributed by atoms with Crippen molar-refractivity contribution in [3.05, 3.63) is 48.7 Å². The highest BCUT2D eigenvalue weighted by molar-refractivity contribution is 5.46. The molecule has 4 rings (SSSR count). The molecule has 3 heterocycles. The summed E-state index contributed by atoms with van der Waals surface area (Å²) in [6.45, 7) is 2.65. The van der Waals surface area contributed by atoms with E-state index >= 15 is 0 Å². The minimum absolute atomic E-state index is 0.479. The Bertz CT molecular complexity index is 831. The van der Waals surface area contributed by atoms with E-state index < -0.39 is 0 Å². The lowest BCUT2D eigenvalue weighted by Gasteiger charge is -2.32. The van der Waals surface area contributed by atoms with Gasteiger partial charge in [-0.25, -0.2) is 0 Å². The predicted molar refractivity (Wildman–Crippen MR) is 96.4 cm³/mol. The number of pyridine rings is 1. The second-order valence-corrected chi connectivity index (χ2v) is 6.37. The van der Waals surface area contributed by atoms with E-state index in [1.165, 1.54) is 6.42 Å². The van der Waals surface area contributed by atoms with Crippen LogP contribution in [0.2, 0.25) is 0 Å². The van der Waals surface area contributed by atoms with Gasteiger partial charge in [0.2, 0.25) is 5.95 Å². The monoisotopic (exact) mass is 338 g/mol. The summed E-state index contributed by atoms with van der Waals surface area (Å²) in [5, 5.41) is 8.63. The van der Waals surface area contributed by atoms with E-state index in [0.29, 0.717) is 12.5 Å². The Morgan fingerprint density at radius 1 is 1.08 bits per heavy atom. The summed E-state index contributed by atoms with van der Waals surface area (Å²) < 4.78 is 13.2. The number of methoxy groups -OCH3 is 1. The van der Waals surface area contributed by atoms with Crippen molar-refractivity contribution < 1.29 is 9.47 Å². The minimum atomic E-state index is 0.479. The molecule has 0 N–H and O–H groups in total. The second kappa shape index (κ2) is 7.01. The molecule has 25 heavy (non-hydrogen) atoms. The molecule has 6 heteroatoms. The number of anilines is 1. The van der Waals surface area contributed by atoms with Gasteiger partial charge in [-0.05, 0) is 49.2 Å². The molecule has 1 aromatic carbocycles. The van der Waals surface area contributed by atoms with Crippen LogP contribution in [0.5, 0.6) is 11.5 Å². The summed E-state index contributed by atoms with van der Waals surface area (Å²) in [5.74, 6) is 3.12. The van der Waals surface area contributed by atoms with Crippen LogP contribution in [-0.2, 0) is 0 Å². The molecule has 1 saturated heterocycles. The quantitative estimate of drug-likeness (QED) is 0.716. The number of nitrogens with zero attached hydrogens (tertiary/aromatic N) is 4. The molecule has 1 fully saturated rings. The number of piperidine rings is 1. The van der Waals surface area contributed by atoms with Crippen molar-refractivity contribution in [3.63, 3.8) is 0 Å². The molecule has 0 amide bonds. The van der Waals surface area contributed by atoms with E-state index in [2.05, 4.69) is 15.1 Å². The number of rotatable bonds is 5. The normalized spacial score (nSPS) is 17.6. The first-order valence-electron chi connectivity index (χ1n) is 8.65. The van der Waals surface area contributed by atoms with Crippen molar-refractivity contribution in [2.24, 2.45) is 5.92 Å². The lowest BCUT2D eigenvalue weighted by atomic mass is 9.99. The van der Waals surface area contributed by atoms with E-state index in [9.17, 15) is 0 Å². The third-order valence-corrected chi connectivity index (χ3v) is 4.64. The summed E-state index contributed by atoms with van der Waals surface area (Å²) in [4.78, 5) is 2.31. The van der Waals surface area contributed by atoms with Crippen molar-refractivity contribution >= 4 is 11.6 Å². The van der Waals surface area contributed by atoms with Crippen LogP contribution in [0.4, 0.5) is 5.95 Å². The predicted octanol–water partition coefficient (Wildman–Crippen LogP) is 3.03. The first-order valence-corrected chi connectivity index (χ1v) is 8.65. The highest BCUT2D eigenvalue weighted by atomic mass is 16.5. The van der Waals surface area contributed by atoms with Gasteiger partial charge in [0.15, 0.2) is 5.65 Å². The summed E-state index contributed by atoms with van der Waals surface area (Å²) in [5.41, 5.74) is 0.883. The van der Waals surface area contributed by atoms with E-state index in [1.54, 1.807) is 7.11 Å². The molecule has 2 aromatic heterocycles. The average Bonchev–Trinajstić information content (AvgIpc) is 3.11. The van der Waals surface area contributed by atoms with Crippen LogP contribution >= 0.6 is 0 Å². The van der Waals surface area contributed by atoms with Gasteiger partial charge in [0.1, 0.15) is 11.5 Å². The van der Waals surface area contributed by atoms with Gasteiger partial charge >= 0.3 is 0 Å². The third kappa shape index (κ3) is 3.38.